The predicted molar refractivity (Wildman–Crippen MR) is 79.3 cm³/mol. The molecule has 0 aliphatic rings. The summed E-state index contributed by atoms with van der Waals surface area (Å²) in [5.74, 6) is -0.657. The Morgan fingerprint density at radius 2 is 1.90 bits per heavy atom. The number of halogens is 1. The fourth-order valence-electron chi connectivity index (χ4n) is 1.79. The first-order chi connectivity index (χ1) is 10.2. The van der Waals surface area contributed by atoms with Crippen LogP contribution in [-0.4, -0.2) is 12.5 Å². The molecule has 21 heavy (non-hydrogen) atoms. The van der Waals surface area contributed by atoms with Crippen molar-refractivity contribution in [3.8, 4) is 6.07 Å². The molecule has 0 saturated heterocycles. The van der Waals surface area contributed by atoms with Crippen molar-refractivity contribution in [3.63, 3.8) is 0 Å². The summed E-state index contributed by atoms with van der Waals surface area (Å²) in [7, 11) is 0. The first-order valence-electron chi connectivity index (χ1n) is 6.42. The highest BCUT2D eigenvalue weighted by Gasteiger charge is 2.03. The molecule has 0 bridgehead atoms. The molecule has 0 heterocycles. The number of nitriles is 1. The zero-order chi connectivity index (χ0) is 15.1. The lowest BCUT2D eigenvalue weighted by Gasteiger charge is -2.08. The molecule has 5 heteroatoms. The van der Waals surface area contributed by atoms with Gasteiger partial charge in [-0.2, -0.15) is 5.26 Å². The Hall–Kier alpha value is -2.87. The van der Waals surface area contributed by atoms with E-state index in [4.69, 9.17) is 5.26 Å². The number of carbonyl (C=O) groups excluding carboxylic acids is 1. The van der Waals surface area contributed by atoms with E-state index in [-0.39, 0.29) is 12.5 Å². The largest absolute Gasteiger partial charge is 0.376 e. The van der Waals surface area contributed by atoms with E-state index < -0.39 is 5.82 Å². The Kier molecular flexibility index (Phi) is 4.89. The number of nitrogens with one attached hydrogen (secondary N) is 2. The van der Waals surface area contributed by atoms with Crippen LogP contribution in [0.3, 0.4) is 0 Å². The van der Waals surface area contributed by atoms with E-state index in [1.807, 2.05) is 24.3 Å². The molecule has 0 spiro atoms. The van der Waals surface area contributed by atoms with Gasteiger partial charge in [0, 0.05) is 11.4 Å². The molecule has 0 aliphatic carbocycles. The van der Waals surface area contributed by atoms with Gasteiger partial charge in [-0.1, -0.05) is 18.2 Å². The summed E-state index contributed by atoms with van der Waals surface area (Å²) in [6.45, 7) is 0.0775. The minimum absolute atomic E-state index is 0.0775. The van der Waals surface area contributed by atoms with E-state index in [1.54, 1.807) is 6.07 Å². The molecule has 2 aromatic carbocycles. The summed E-state index contributed by atoms with van der Waals surface area (Å²) in [5, 5.41) is 14.1. The normalized spacial score (nSPS) is 9.71. The third kappa shape index (κ3) is 4.62. The fraction of sp³-hybridized carbons (Fsp3) is 0.125. The smallest absolute Gasteiger partial charge is 0.243 e. The number of hydrogen-bond acceptors (Lipinski definition) is 3. The Labute approximate surface area is 122 Å². The molecule has 0 atom stereocenters. The fourth-order valence-corrected chi connectivity index (χ4v) is 1.79. The molecule has 2 N–H and O–H groups in total. The second kappa shape index (κ2) is 7.06. The molecule has 0 aliphatic heterocycles. The maximum absolute atomic E-state index is 13.0. The minimum Gasteiger partial charge on any atom is -0.376 e. The zero-order valence-corrected chi connectivity index (χ0v) is 11.3. The van der Waals surface area contributed by atoms with Gasteiger partial charge in [-0.05, 0) is 35.9 Å². The second-order valence-electron chi connectivity index (χ2n) is 4.44. The number of benzene rings is 2. The lowest BCUT2D eigenvalue weighted by atomic mass is 10.1. The first-order valence-corrected chi connectivity index (χ1v) is 6.42. The van der Waals surface area contributed by atoms with Crippen molar-refractivity contribution >= 4 is 17.3 Å². The monoisotopic (exact) mass is 283 g/mol. The van der Waals surface area contributed by atoms with Gasteiger partial charge in [-0.15, -0.1) is 0 Å². The number of rotatable bonds is 5. The van der Waals surface area contributed by atoms with Crippen molar-refractivity contribution in [2.45, 2.75) is 6.42 Å². The summed E-state index contributed by atoms with van der Waals surface area (Å²) < 4.78 is 13.0. The minimum atomic E-state index is -0.395. The summed E-state index contributed by atoms with van der Waals surface area (Å²) in [6, 6.07) is 15.1. The van der Waals surface area contributed by atoms with Crippen LogP contribution in [0.2, 0.25) is 0 Å². The lowest BCUT2D eigenvalue weighted by molar-refractivity contribution is -0.114. The molecule has 2 aromatic rings. The molecule has 2 rings (SSSR count). The predicted octanol–water partition coefficient (Wildman–Crippen LogP) is 2.94. The van der Waals surface area contributed by atoms with Gasteiger partial charge in [0.25, 0.3) is 0 Å². The molecule has 0 aromatic heterocycles. The van der Waals surface area contributed by atoms with Crippen LogP contribution < -0.4 is 10.6 Å². The molecule has 0 unspecified atom stereocenters. The van der Waals surface area contributed by atoms with Crippen LogP contribution in [0, 0.1) is 17.1 Å². The van der Waals surface area contributed by atoms with Crippen LogP contribution in [0.5, 0.6) is 0 Å². The van der Waals surface area contributed by atoms with Crippen molar-refractivity contribution in [1.29, 1.82) is 5.26 Å². The maximum Gasteiger partial charge on any atom is 0.243 e. The topological polar surface area (TPSA) is 64.9 Å². The van der Waals surface area contributed by atoms with E-state index in [0.717, 1.165) is 11.3 Å². The molecule has 4 nitrogen and oxygen atoms in total. The highest BCUT2D eigenvalue weighted by atomic mass is 19.1. The quantitative estimate of drug-likeness (QED) is 0.886. The van der Waals surface area contributed by atoms with Gasteiger partial charge >= 0.3 is 0 Å². The molecule has 1 amide bonds. The molecule has 0 fully saturated rings. The lowest BCUT2D eigenvalue weighted by Crippen LogP contribution is -2.21. The van der Waals surface area contributed by atoms with E-state index in [9.17, 15) is 9.18 Å². The van der Waals surface area contributed by atoms with Crippen molar-refractivity contribution in [2.75, 3.05) is 17.2 Å². The average molecular weight is 283 g/mol. The summed E-state index contributed by atoms with van der Waals surface area (Å²) >= 11 is 0. The van der Waals surface area contributed by atoms with Crippen LogP contribution in [-0.2, 0) is 11.2 Å². The van der Waals surface area contributed by atoms with Gasteiger partial charge in [0.2, 0.25) is 5.91 Å². The Morgan fingerprint density at radius 3 is 2.57 bits per heavy atom. The highest BCUT2D eigenvalue weighted by molar-refractivity contribution is 5.93. The van der Waals surface area contributed by atoms with Gasteiger partial charge < -0.3 is 10.6 Å². The molecular formula is C16H14FN3O. The molecular weight excluding hydrogens is 269 g/mol. The third-order valence-electron chi connectivity index (χ3n) is 2.80. The maximum atomic E-state index is 13.0. The van der Waals surface area contributed by atoms with Crippen LogP contribution >= 0.6 is 0 Å². The first kappa shape index (κ1) is 14.5. The highest BCUT2D eigenvalue weighted by Crippen LogP contribution is 2.11. The van der Waals surface area contributed by atoms with E-state index in [0.29, 0.717) is 12.1 Å². The van der Waals surface area contributed by atoms with Crippen LogP contribution in [0.4, 0.5) is 15.8 Å². The number of nitrogens with zero attached hydrogens (tertiary/aromatic N) is 1. The van der Waals surface area contributed by atoms with Crippen molar-refractivity contribution in [1.82, 2.24) is 0 Å². The van der Waals surface area contributed by atoms with Gasteiger partial charge in [0.15, 0.2) is 0 Å². The molecule has 0 radical (unpaired) electrons. The Morgan fingerprint density at radius 1 is 1.14 bits per heavy atom. The number of carbonyl (C=O) groups is 1. The Balaban J connectivity index is 1.85. The van der Waals surface area contributed by atoms with E-state index >= 15 is 0 Å². The SMILES string of the molecule is N#CCc1ccc(NCC(=O)Nc2cccc(F)c2)cc1. The Bertz CT molecular complexity index is 662. The zero-order valence-electron chi connectivity index (χ0n) is 11.3. The van der Waals surface area contributed by atoms with Gasteiger partial charge in [0.05, 0.1) is 19.0 Å². The van der Waals surface area contributed by atoms with E-state index in [1.165, 1.54) is 18.2 Å². The molecule has 106 valence electrons. The van der Waals surface area contributed by atoms with Gasteiger partial charge in [-0.25, -0.2) is 4.39 Å². The standard InChI is InChI=1S/C16H14FN3O/c17-13-2-1-3-15(10-13)20-16(21)11-19-14-6-4-12(5-7-14)8-9-18/h1-7,10,19H,8,11H2,(H,20,21). The number of hydrogen-bond donors (Lipinski definition) is 2. The summed E-state index contributed by atoms with van der Waals surface area (Å²) in [5.41, 5.74) is 2.13. The van der Waals surface area contributed by atoms with Crippen LogP contribution in [0.25, 0.3) is 0 Å². The van der Waals surface area contributed by atoms with E-state index in [2.05, 4.69) is 16.7 Å². The third-order valence-corrected chi connectivity index (χ3v) is 2.80. The average Bonchev–Trinajstić information content (AvgIpc) is 2.47. The summed E-state index contributed by atoms with van der Waals surface area (Å²) in [6.07, 6.45) is 0.361. The van der Waals surface area contributed by atoms with Crippen LogP contribution in [0.15, 0.2) is 48.5 Å². The van der Waals surface area contributed by atoms with Gasteiger partial charge in [-0.3, -0.25) is 4.79 Å². The van der Waals surface area contributed by atoms with Crippen molar-refractivity contribution in [3.05, 3.63) is 59.9 Å². The van der Waals surface area contributed by atoms with Crippen molar-refractivity contribution < 1.29 is 9.18 Å². The summed E-state index contributed by atoms with van der Waals surface area (Å²) in [4.78, 5) is 11.7. The van der Waals surface area contributed by atoms with Crippen LogP contribution in [0.1, 0.15) is 5.56 Å². The number of amides is 1. The van der Waals surface area contributed by atoms with Gasteiger partial charge in [0.1, 0.15) is 5.82 Å². The number of anilines is 2. The second-order valence-corrected chi connectivity index (χ2v) is 4.44. The van der Waals surface area contributed by atoms with Crippen molar-refractivity contribution in [2.24, 2.45) is 0 Å². The molecule has 0 saturated carbocycles.